The number of carbonyl (C=O) groups excluding carboxylic acids is 3. The first kappa shape index (κ1) is 22.5. The van der Waals surface area contributed by atoms with Gasteiger partial charge in [0, 0.05) is 26.6 Å². The average molecular weight is 455 g/mol. The molecule has 4 rings (SSSR count). The van der Waals surface area contributed by atoms with Crippen molar-refractivity contribution < 1.29 is 14.4 Å². The van der Waals surface area contributed by atoms with Gasteiger partial charge in [0.05, 0.1) is 16.1 Å². The highest BCUT2D eigenvalue weighted by Crippen LogP contribution is 2.27. The predicted molar refractivity (Wildman–Crippen MR) is 124 cm³/mol. The maximum Gasteiger partial charge on any atom is 0.246 e. The van der Waals surface area contributed by atoms with Gasteiger partial charge in [0.25, 0.3) is 0 Å². The van der Waals surface area contributed by atoms with Crippen LogP contribution in [0.5, 0.6) is 0 Å². The molecule has 2 fully saturated rings. The van der Waals surface area contributed by atoms with Gasteiger partial charge in [0.1, 0.15) is 12.1 Å². The van der Waals surface area contributed by atoms with E-state index in [9.17, 15) is 14.4 Å². The summed E-state index contributed by atoms with van der Waals surface area (Å²) in [5, 5.41) is 3.01. The molecule has 8 heteroatoms. The maximum absolute atomic E-state index is 13.2. The maximum atomic E-state index is 13.2. The van der Waals surface area contributed by atoms with Crippen molar-refractivity contribution in [3.8, 4) is 10.4 Å². The molecule has 7 nitrogen and oxygen atoms in total. The van der Waals surface area contributed by atoms with E-state index in [0.29, 0.717) is 32.5 Å². The van der Waals surface area contributed by atoms with Crippen LogP contribution in [0.15, 0.2) is 29.8 Å². The quantitative estimate of drug-likeness (QED) is 0.753. The first-order valence-electron chi connectivity index (χ1n) is 11.3. The first-order valence-corrected chi connectivity index (χ1v) is 12.2. The van der Waals surface area contributed by atoms with Gasteiger partial charge in [-0.25, -0.2) is 4.98 Å². The molecule has 2 saturated heterocycles. The number of aryl methyl sites for hydroxylation is 1. The normalized spacial score (nSPS) is 20.9. The van der Waals surface area contributed by atoms with E-state index in [1.807, 2.05) is 36.7 Å². The number of piperidine rings is 1. The number of nitrogens with one attached hydrogen (secondary N) is 1. The minimum Gasteiger partial charge on any atom is -0.350 e. The molecule has 1 unspecified atom stereocenters. The summed E-state index contributed by atoms with van der Waals surface area (Å²) in [6.07, 6.45) is 4.00. The number of likely N-dealkylation sites (tertiary alicyclic amines) is 2. The van der Waals surface area contributed by atoms with E-state index in [4.69, 9.17) is 0 Å². The summed E-state index contributed by atoms with van der Waals surface area (Å²) in [7, 11) is 0. The van der Waals surface area contributed by atoms with Gasteiger partial charge in [-0.3, -0.25) is 14.4 Å². The van der Waals surface area contributed by atoms with Crippen molar-refractivity contribution in [2.24, 2.45) is 0 Å². The van der Waals surface area contributed by atoms with Crippen LogP contribution in [0.25, 0.3) is 10.4 Å². The molecular formula is C24H30N4O3S. The number of nitrogens with zero attached hydrogens (tertiary/aromatic N) is 3. The largest absolute Gasteiger partial charge is 0.350 e. The van der Waals surface area contributed by atoms with Crippen molar-refractivity contribution in [2.75, 3.05) is 13.1 Å². The van der Waals surface area contributed by atoms with Crippen LogP contribution in [-0.4, -0.2) is 57.7 Å². The molecule has 0 spiro atoms. The van der Waals surface area contributed by atoms with Crippen LogP contribution in [0, 0.1) is 6.92 Å². The average Bonchev–Trinajstić information content (AvgIpc) is 3.46. The molecule has 1 aromatic heterocycles. The molecule has 32 heavy (non-hydrogen) atoms. The molecule has 1 N–H and O–H groups in total. The van der Waals surface area contributed by atoms with E-state index in [0.717, 1.165) is 41.0 Å². The lowest BCUT2D eigenvalue weighted by Gasteiger charge is -2.37. The SMILES string of the molecule is CC(=O)N1CCCC[C@H]1C(=O)N1CCCC1C(=O)NCc1ccc(-c2scnc2C)cc1. The highest BCUT2D eigenvalue weighted by Gasteiger charge is 2.40. The second-order valence-corrected chi connectivity index (χ2v) is 9.45. The number of thiazole rings is 1. The Morgan fingerprint density at radius 3 is 2.44 bits per heavy atom. The molecule has 0 radical (unpaired) electrons. The van der Waals surface area contributed by atoms with Crippen molar-refractivity contribution in [2.45, 2.75) is 64.6 Å². The minimum absolute atomic E-state index is 0.0692. The summed E-state index contributed by atoms with van der Waals surface area (Å²) in [5.74, 6) is -0.273. The number of rotatable bonds is 5. The summed E-state index contributed by atoms with van der Waals surface area (Å²) in [6, 6.07) is 7.23. The first-order chi connectivity index (χ1) is 15.5. The number of amides is 3. The Bertz CT molecular complexity index is 987. The van der Waals surface area contributed by atoms with Crippen molar-refractivity contribution in [3.05, 3.63) is 41.0 Å². The van der Waals surface area contributed by atoms with Crippen molar-refractivity contribution in [1.82, 2.24) is 20.1 Å². The van der Waals surface area contributed by atoms with Crippen LogP contribution in [0.1, 0.15) is 50.3 Å². The second-order valence-electron chi connectivity index (χ2n) is 8.60. The second kappa shape index (κ2) is 9.81. The highest BCUT2D eigenvalue weighted by atomic mass is 32.1. The van der Waals surface area contributed by atoms with Gasteiger partial charge < -0.3 is 15.1 Å². The van der Waals surface area contributed by atoms with Gasteiger partial charge in [-0.05, 0) is 50.2 Å². The topological polar surface area (TPSA) is 82.6 Å². The molecular weight excluding hydrogens is 424 g/mol. The molecule has 2 aliphatic rings. The number of benzene rings is 1. The Morgan fingerprint density at radius 2 is 1.75 bits per heavy atom. The zero-order valence-electron chi connectivity index (χ0n) is 18.7. The molecule has 170 valence electrons. The summed E-state index contributed by atoms with van der Waals surface area (Å²) in [4.78, 5) is 47.0. The van der Waals surface area contributed by atoms with E-state index < -0.39 is 12.1 Å². The molecule has 2 aliphatic heterocycles. The van der Waals surface area contributed by atoms with Crippen molar-refractivity contribution in [1.29, 1.82) is 0 Å². The Morgan fingerprint density at radius 1 is 1.03 bits per heavy atom. The zero-order chi connectivity index (χ0) is 22.7. The molecule has 0 bridgehead atoms. The van der Waals surface area contributed by atoms with Gasteiger partial charge in [0.2, 0.25) is 17.7 Å². The van der Waals surface area contributed by atoms with Gasteiger partial charge in [0.15, 0.2) is 0 Å². The predicted octanol–water partition coefficient (Wildman–Crippen LogP) is 3.13. The monoisotopic (exact) mass is 454 g/mol. The van der Waals surface area contributed by atoms with E-state index in [2.05, 4.69) is 10.3 Å². The Hall–Kier alpha value is -2.74. The summed E-state index contributed by atoms with van der Waals surface area (Å²) >= 11 is 1.62. The van der Waals surface area contributed by atoms with Crippen LogP contribution in [-0.2, 0) is 20.9 Å². The third kappa shape index (κ3) is 4.70. The Balaban J connectivity index is 1.37. The van der Waals surface area contributed by atoms with Gasteiger partial charge in [-0.15, -0.1) is 11.3 Å². The summed E-state index contributed by atoms with van der Waals surface area (Å²) in [6.45, 7) is 5.12. The van der Waals surface area contributed by atoms with E-state index in [1.165, 1.54) is 6.92 Å². The fourth-order valence-corrected chi connectivity index (χ4v) is 5.53. The van der Waals surface area contributed by atoms with Crippen LogP contribution in [0.3, 0.4) is 0 Å². The zero-order valence-corrected chi connectivity index (χ0v) is 19.5. The molecule has 2 aromatic rings. The number of aromatic nitrogens is 1. The molecule has 3 heterocycles. The van der Waals surface area contributed by atoms with Gasteiger partial charge in [-0.2, -0.15) is 0 Å². The van der Waals surface area contributed by atoms with E-state index in [1.54, 1.807) is 21.1 Å². The fraction of sp³-hybridized carbons (Fsp3) is 0.500. The Kier molecular flexibility index (Phi) is 6.89. The smallest absolute Gasteiger partial charge is 0.246 e. The number of hydrogen-bond donors (Lipinski definition) is 1. The molecule has 2 atom stereocenters. The standard InChI is InChI=1S/C24H30N4O3S/c1-16-22(32-15-26-16)19-10-8-18(9-11-19)14-25-23(30)20-7-5-13-28(20)24(31)21-6-3-4-12-27(21)17(2)29/h8-11,15,20-21H,3-7,12-14H2,1-2H3,(H,25,30)/t20?,21-/m0/s1. The summed E-state index contributed by atoms with van der Waals surface area (Å²) < 4.78 is 0. The lowest BCUT2D eigenvalue weighted by molar-refractivity contribution is -0.149. The van der Waals surface area contributed by atoms with Crippen LogP contribution >= 0.6 is 11.3 Å². The lowest BCUT2D eigenvalue weighted by atomic mass is 10.0. The summed E-state index contributed by atoms with van der Waals surface area (Å²) in [5.41, 5.74) is 4.99. The molecule has 1 aromatic carbocycles. The molecule has 3 amide bonds. The molecule has 0 aliphatic carbocycles. The lowest BCUT2D eigenvalue weighted by Crippen LogP contribution is -2.55. The van der Waals surface area contributed by atoms with Gasteiger partial charge >= 0.3 is 0 Å². The third-order valence-electron chi connectivity index (χ3n) is 6.46. The Labute approximate surface area is 192 Å². The van der Waals surface area contributed by atoms with Crippen LogP contribution in [0.2, 0.25) is 0 Å². The van der Waals surface area contributed by atoms with E-state index in [-0.39, 0.29) is 17.7 Å². The van der Waals surface area contributed by atoms with E-state index >= 15 is 0 Å². The fourth-order valence-electron chi connectivity index (χ4n) is 4.72. The van der Waals surface area contributed by atoms with Crippen molar-refractivity contribution >= 4 is 29.1 Å². The molecule has 0 saturated carbocycles. The van der Waals surface area contributed by atoms with Crippen molar-refractivity contribution in [3.63, 3.8) is 0 Å². The number of carbonyl (C=O) groups is 3. The van der Waals surface area contributed by atoms with Crippen LogP contribution in [0.4, 0.5) is 0 Å². The number of hydrogen-bond acceptors (Lipinski definition) is 5. The minimum atomic E-state index is -0.461. The third-order valence-corrected chi connectivity index (χ3v) is 7.44. The van der Waals surface area contributed by atoms with Crippen LogP contribution < -0.4 is 5.32 Å². The van der Waals surface area contributed by atoms with Gasteiger partial charge in [-0.1, -0.05) is 24.3 Å². The highest BCUT2D eigenvalue weighted by molar-refractivity contribution is 7.13.